The summed E-state index contributed by atoms with van der Waals surface area (Å²) < 4.78 is 5.53. The zero-order valence-corrected chi connectivity index (χ0v) is 9.50. The Balaban J connectivity index is 3.22. The van der Waals surface area contributed by atoms with Gasteiger partial charge in [-0.15, -0.1) is 0 Å². The second-order valence-electron chi connectivity index (χ2n) is 3.85. The Morgan fingerprint density at radius 1 is 1.33 bits per heavy atom. The minimum absolute atomic E-state index is 0.0491. The number of hydrogen-bond acceptors (Lipinski definition) is 2. The number of aryl methyl sites for hydroxylation is 1. The number of aromatic carboxylic acids is 1. The first-order valence-electron chi connectivity index (χ1n) is 4.93. The highest BCUT2D eigenvalue weighted by atomic mass is 16.5. The lowest BCUT2D eigenvalue weighted by Crippen LogP contribution is -2.10. The molecule has 0 amide bonds. The zero-order chi connectivity index (χ0) is 11.6. The average molecular weight is 208 g/mol. The van der Waals surface area contributed by atoms with E-state index in [1.165, 1.54) is 0 Å². The molecule has 0 aliphatic rings. The molecule has 0 atom stereocenters. The Morgan fingerprint density at radius 3 is 2.40 bits per heavy atom. The van der Waals surface area contributed by atoms with Crippen LogP contribution in [0.5, 0.6) is 5.75 Å². The van der Waals surface area contributed by atoms with Crippen molar-refractivity contribution in [2.24, 2.45) is 0 Å². The summed E-state index contributed by atoms with van der Waals surface area (Å²) in [5.74, 6) is -0.257. The Morgan fingerprint density at radius 2 is 1.93 bits per heavy atom. The number of benzene rings is 1. The highest BCUT2D eigenvalue weighted by Crippen LogP contribution is 2.25. The molecule has 0 aliphatic heterocycles. The van der Waals surface area contributed by atoms with Crippen molar-refractivity contribution in [2.75, 3.05) is 0 Å². The SMILES string of the molecule is Cc1ccc(OC(C)C)c(C)c1C(=O)O. The molecule has 1 aromatic rings. The summed E-state index contributed by atoms with van der Waals surface area (Å²) in [6.07, 6.45) is 0.0491. The fourth-order valence-corrected chi connectivity index (χ4v) is 1.54. The van der Waals surface area contributed by atoms with Crippen LogP contribution in [0, 0.1) is 13.8 Å². The van der Waals surface area contributed by atoms with Gasteiger partial charge in [0, 0.05) is 5.56 Å². The molecule has 3 heteroatoms. The van der Waals surface area contributed by atoms with Crippen LogP contribution in [0.15, 0.2) is 12.1 Å². The van der Waals surface area contributed by atoms with E-state index >= 15 is 0 Å². The molecule has 0 spiro atoms. The second kappa shape index (κ2) is 4.34. The molecule has 0 radical (unpaired) electrons. The van der Waals surface area contributed by atoms with Gasteiger partial charge in [-0.1, -0.05) is 6.07 Å². The first-order chi connectivity index (χ1) is 6.93. The molecule has 0 bridgehead atoms. The largest absolute Gasteiger partial charge is 0.491 e. The van der Waals surface area contributed by atoms with Crippen LogP contribution in [0.4, 0.5) is 0 Å². The molecule has 0 saturated carbocycles. The van der Waals surface area contributed by atoms with Crippen molar-refractivity contribution in [3.63, 3.8) is 0 Å². The number of carboxylic acids is 1. The third-order valence-electron chi connectivity index (χ3n) is 2.20. The van der Waals surface area contributed by atoms with Gasteiger partial charge in [0.05, 0.1) is 11.7 Å². The highest BCUT2D eigenvalue weighted by molar-refractivity contribution is 5.91. The van der Waals surface area contributed by atoms with Crippen LogP contribution in [-0.4, -0.2) is 17.2 Å². The zero-order valence-electron chi connectivity index (χ0n) is 9.50. The predicted octanol–water partition coefficient (Wildman–Crippen LogP) is 2.79. The Kier molecular flexibility index (Phi) is 3.35. The smallest absolute Gasteiger partial charge is 0.336 e. The molecule has 0 fully saturated rings. The van der Waals surface area contributed by atoms with Gasteiger partial charge in [-0.3, -0.25) is 0 Å². The third-order valence-corrected chi connectivity index (χ3v) is 2.20. The van der Waals surface area contributed by atoms with E-state index in [-0.39, 0.29) is 6.10 Å². The van der Waals surface area contributed by atoms with Gasteiger partial charge in [-0.2, -0.15) is 0 Å². The standard InChI is InChI=1S/C12H16O3/c1-7(2)15-10-6-5-8(3)11(9(10)4)12(13)14/h5-7H,1-4H3,(H,13,14). The fourth-order valence-electron chi connectivity index (χ4n) is 1.54. The minimum atomic E-state index is -0.904. The van der Waals surface area contributed by atoms with Crippen molar-refractivity contribution in [3.8, 4) is 5.75 Å². The second-order valence-corrected chi connectivity index (χ2v) is 3.85. The first kappa shape index (κ1) is 11.6. The van der Waals surface area contributed by atoms with E-state index in [2.05, 4.69) is 0 Å². The number of rotatable bonds is 3. The van der Waals surface area contributed by atoms with E-state index in [1.54, 1.807) is 19.9 Å². The van der Waals surface area contributed by atoms with Gasteiger partial charge in [-0.05, 0) is 39.3 Å². The molecular formula is C12H16O3. The van der Waals surface area contributed by atoms with Gasteiger partial charge >= 0.3 is 5.97 Å². The van der Waals surface area contributed by atoms with Crippen molar-refractivity contribution in [3.05, 3.63) is 28.8 Å². The number of hydrogen-bond donors (Lipinski definition) is 1. The first-order valence-corrected chi connectivity index (χ1v) is 4.93. The van der Waals surface area contributed by atoms with Crippen LogP contribution in [0.1, 0.15) is 35.3 Å². The summed E-state index contributed by atoms with van der Waals surface area (Å²) in [6, 6.07) is 3.59. The maximum Gasteiger partial charge on any atom is 0.336 e. The van der Waals surface area contributed by atoms with E-state index in [9.17, 15) is 4.79 Å². The van der Waals surface area contributed by atoms with Crippen LogP contribution >= 0.6 is 0 Å². The molecule has 0 aliphatic carbocycles. The lowest BCUT2D eigenvalue weighted by Gasteiger charge is -2.15. The third kappa shape index (κ3) is 2.49. The molecule has 1 aromatic carbocycles. The minimum Gasteiger partial charge on any atom is -0.491 e. The van der Waals surface area contributed by atoms with Crippen molar-refractivity contribution in [2.45, 2.75) is 33.8 Å². The summed E-state index contributed by atoms with van der Waals surface area (Å²) in [6.45, 7) is 7.39. The monoisotopic (exact) mass is 208 g/mol. The van der Waals surface area contributed by atoms with Crippen molar-refractivity contribution in [1.82, 2.24) is 0 Å². The quantitative estimate of drug-likeness (QED) is 0.830. The van der Waals surface area contributed by atoms with E-state index in [4.69, 9.17) is 9.84 Å². The van der Waals surface area contributed by atoms with Crippen LogP contribution in [0.2, 0.25) is 0 Å². The van der Waals surface area contributed by atoms with Gasteiger partial charge in [0.25, 0.3) is 0 Å². The lowest BCUT2D eigenvalue weighted by molar-refractivity contribution is 0.0694. The maximum atomic E-state index is 11.0. The van der Waals surface area contributed by atoms with E-state index in [0.29, 0.717) is 16.9 Å². The van der Waals surface area contributed by atoms with Gasteiger partial charge in [0.1, 0.15) is 5.75 Å². The Bertz CT molecular complexity index is 381. The van der Waals surface area contributed by atoms with E-state index in [1.807, 2.05) is 19.9 Å². The number of carbonyl (C=O) groups is 1. The molecule has 0 aromatic heterocycles. The summed E-state index contributed by atoms with van der Waals surface area (Å²) in [4.78, 5) is 11.0. The van der Waals surface area contributed by atoms with Crippen molar-refractivity contribution >= 4 is 5.97 Å². The molecular weight excluding hydrogens is 192 g/mol. The fraction of sp³-hybridized carbons (Fsp3) is 0.417. The Hall–Kier alpha value is -1.51. The molecule has 82 valence electrons. The maximum absolute atomic E-state index is 11.0. The molecule has 1 rings (SSSR count). The van der Waals surface area contributed by atoms with Gasteiger partial charge in [0.15, 0.2) is 0 Å². The van der Waals surface area contributed by atoms with Crippen LogP contribution in [-0.2, 0) is 0 Å². The predicted molar refractivity (Wildman–Crippen MR) is 58.6 cm³/mol. The number of ether oxygens (including phenoxy) is 1. The molecule has 1 N–H and O–H groups in total. The molecule has 0 saturated heterocycles. The van der Waals surface area contributed by atoms with E-state index in [0.717, 1.165) is 5.56 Å². The van der Waals surface area contributed by atoms with Crippen LogP contribution in [0.25, 0.3) is 0 Å². The summed E-state index contributed by atoms with van der Waals surface area (Å²) in [7, 11) is 0. The Labute approximate surface area is 89.7 Å². The number of carboxylic acid groups (broad SMARTS) is 1. The summed E-state index contributed by atoms with van der Waals surface area (Å²) in [5.41, 5.74) is 1.79. The van der Waals surface area contributed by atoms with Gasteiger partial charge in [-0.25, -0.2) is 4.79 Å². The van der Waals surface area contributed by atoms with Gasteiger partial charge in [0.2, 0.25) is 0 Å². The molecule has 0 heterocycles. The normalized spacial score (nSPS) is 10.5. The highest BCUT2D eigenvalue weighted by Gasteiger charge is 2.14. The lowest BCUT2D eigenvalue weighted by atomic mass is 10.0. The van der Waals surface area contributed by atoms with Crippen molar-refractivity contribution in [1.29, 1.82) is 0 Å². The topological polar surface area (TPSA) is 46.5 Å². The van der Waals surface area contributed by atoms with Gasteiger partial charge < -0.3 is 9.84 Å². The molecule has 15 heavy (non-hydrogen) atoms. The van der Waals surface area contributed by atoms with Crippen molar-refractivity contribution < 1.29 is 14.6 Å². The molecule has 0 unspecified atom stereocenters. The van der Waals surface area contributed by atoms with Crippen LogP contribution in [0.3, 0.4) is 0 Å². The van der Waals surface area contributed by atoms with Crippen LogP contribution < -0.4 is 4.74 Å². The molecule has 3 nitrogen and oxygen atoms in total. The summed E-state index contributed by atoms with van der Waals surface area (Å²) in [5, 5.41) is 9.05. The van der Waals surface area contributed by atoms with E-state index < -0.39 is 5.97 Å². The summed E-state index contributed by atoms with van der Waals surface area (Å²) >= 11 is 0. The average Bonchev–Trinajstić information content (AvgIpc) is 2.09.